The summed E-state index contributed by atoms with van der Waals surface area (Å²) in [4.78, 5) is 8.30. The van der Waals surface area contributed by atoms with Crippen molar-refractivity contribution < 1.29 is 4.21 Å². The second-order valence-electron chi connectivity index (χ2n) is 3.00. The van der Waals surface area contributed by atoms with Crippen molar-refractivity contribution in [2.45, 2.75) is 17.7 Å². The van der Waals surface area contributed by atoms with Gasteiger partial charge in [0.05, 0.1) is 20.5 Å². The largest absolute Gasteiger partial charge is 0.252 e. The molecule has 2 aromatic rings. The number of halogens is 1. The Kier molecular flexibility index (Phi) is 3.33. The van der Waals surface area contributed by atoms with Crippen molar-refractivity contribution >= 4 is 44.1 Å². The number of hydrogen-bond donors (Lipinski definition) is 0. The average molecular weight is 261 g/mol. The Morgan fingerprint density at radius 2 is 2.40 bits per heavy atom. The molecule has 6 heteroatoms. The van der Waals surface area contributed by atoms with E-state index < -0.39 is 10.8 Å². The number of aromatic nitrogens is 2. The predicted molar refractivity (Wildman–Crippen MR) is 64.0 cm³/mol. The summed E-state index contributed by atoms with van der Waals surface area (Å²) in [6.45, 7) is 2.00. The summed E-state index contributed by atoms with van der Waals surface area (Å²) in [7, 11) is -0.998. The molecule has 0 amide bonds. The predicted octanol–water partition coefficient (Wildman–Crippen LogP) is 2.86. The van der Waals surface area contributed by atoms with E-state index in [-0.39, 0.29) is 0 Å². The first-order chi connectivity index (χ1) is 7.20. The van der Waals surface area contributed by atoms with Gasteiger partial charge < -0.3 is 0 Å². The van der Waals surface area contributed by atoms with Gasteiger partial charge in [0.15, 0.2) is 9.99 Å². The molecule has 2 aromatic heterocycles. The second-order valence-corrected chi connectivity index (χ2v) is 6.22. The van der Waals surface area contributed by atoms with E-state index in [1.807, 2.05) is 6.92 Å². The minimum atomic E-state index is -0.998. The van der Waals surface area contributed by atoms with E-state index in [0.717, 1.165) is 11.1 Å². The summed E-state index contributed by atoms with van der Waals surface area (Å²) >= 11 is 7.21. The third-order valence-corrected chi connectivity index (χ3v) is 4.84. The standard InChI is InChI=1S/C9H9ClN2OS2/c1-2-3-15(13)9-12-8-7(14-9)4-6(10)5-11-8/h4-5H,2-3H2,1H3/t15-/m1/s1. The van der Waals surface area contributed by atoms with E-state index in [0.29, 0.717) is 20.8 Å². The Balaban J connectivity index is 2.42. The zero-order valence-electron chi connectivity index (χ0n) is 8.07. The van der Waals surface area contributed by atoms with Crippen molar-refractivity contribution in [3.63, 3.8) is 0 Å². The van der Waals surface area contributed by atoms with E-state index in [1.165, 1.54) is 11.3 Å². The number of nitrogens with zero attached hydrogens (tertiary/aromatic N) is 2. The fraction of sp³-hybridized carbons (Fsp3) is 0.333. The maximum absolute atomic E-state index is 11.7. The van der Waals surface area contributed by atoms with Crippen molar-refractivity contribution in [3.8, 4) is 0 Å². The highest BCUT2D eigenvalue weighted by atomic mass is 35.5. The van der Waals surface area contributed by atoms with Gasteiger partial charge in [-0.15, -0.1) is 11.3 Å². The lowest BCUT2D eigenvalue weighted by molar-refractivity contribution is 0.681. The maximum atomic E-state index is 11.7. The van der Waals surface area contributed by atoms with Crippen LogP contribution in [0.2, 0.25) is 5.02 Å². The van der Waals surface area contributed by atoms with E-state index in [9.17, 15) is 4.21 Å². The number of pyridine rings is 1. The molecule has 0 unspecified atom stereocenters. The summed E-state index contributed by atoms with van der Waals surface area (Å²) in [5.41, 5.74) is 0.629. The number of fused-ring (bicyclic) bond motifs is 1. The Hall–Kier alpha value is -0.520. The highest BCUT2D eigenvalue weighted by Crippen LogP contribution is 2.25. The fourth-order valence-corrected chi connectivity index (χ4v) is 3.69. The van der Waals surface area contributed by atoms with Gasteiger partial charge >= 0.3 is 0 Å². The first kappa shape index (κ1) is 11.0. The quantitative estimate of drug-likeness (QED) is 0.852. The Labute approximate surface area is 99.0 Å². The molecule has 0 bridgehead atoms. The smallest absolute Gasteiger partial charge is 0.183 e. The van der Waals surface area contributed by atoms with E-state index in [1.54, 1.807) is 12.3 Å². The molecule has 1 atom stereocenters. The average Bonchev–Trinajstić information content (AvgIpc) is 2.60. The van der Waals surface area contributed by atoms with Crippen LogP contribution < -0.4 is 0 Å². The van der Waals surface area contributed by atoms with Crippen LogP contribution in [0.15, 0.2) is 16.6 Å². The zero-order valence-corrected chi connectivity index (χ0v) is 10.5. The SMILES string of the molecule is CCC[S@@](=O)c1nc2ncc(Cl)cc2s1. The molecule has 15 heavy (non-hydrogen) atoms. The summed E-state index contributed by atoms with van der Waals surface area (Å²) in [5.74, 6) is 0.646. The normalized spacial score (nSPS) is 13.2. The molecule has 80 valence electrons. The molecule has 2 rings (SSSR count). The van der Waals surface area contributed by atoms with Crippen molar-refractivity contribution in [2.75, 3.05) is 5.75 Å². The Bertz CT molecular complexity index is 512. The molecule has 0 aliphatic rings. The van der Waals surface area contributed by atoms with Gasteiger partial charge in [0.25, 0.3) is 0 Å². The van der Waals surface area contributed by atoms with Gasteiger partial charge in [-0.2, -0.15) is 0 Å². The van der Waals surface area contributed by atoms with Gasteiger partial charge in [-0.25, -0.2) is 9.97 Å². The van der Waals surface area contributed by atoms with E-state index in [2.05, 4.69) is 9.97 Å². The Morgan fingerprint density at radius 3 is 3.13 bits per heavy atom. The highest BCUT2D eigenvalue weighted by molar-refractivity contribution is 7.87. The molecule has 3 nitrogen and oxygen atoms in total. The third kappa shape index (κ3) is 2.35. The fourth-order valence-electron chi connectivity index (χ4n) is 1.15. The van der Waals surface area contributed by atoms with Gasteiger partial charge in [-0.3, -0.25) is 4.21 Å². The molecule has 0 saturated carbocycles. The molecule has 0 N–H and O–H groups in total. The van der Waals surface area contributed by atoms with Crippen LogP contribution in [0, 0.1) is 0 Å². The molecule has 0 saturated heterocycles. The topological polar surface area (TPSA) is 42.9 Å². The summed E-state index contributed by atoms with van der Waals surface area (Å²) in [6.07, 6.45) is 2.44. The second kappa shape index (κ2) is 4.55. The van der Waals surface area contributed by atoms with Gasteiger partial charge in [0.2, 0.25) is 0 Å². The van der Waals surface area contributed by atoms with Crippen molar-refractivity contribution in [1.29, 1.82) is 0 Å². The first-order valence-electron chi connectivity index (χ1n) is 4.51. The van der Waals surface area contributed by atoms with Crippen LogP contribution in [0.5, 0.6) is 0 Å². The molecular weight excluding hydrogens is 252 g/mol. The Morgan fingerprint density at radius 1 is 1.60 bits per heavy atom. The third-order valence-electron chi connectivity index (χ3n) is 1.78. The van der Waals surface area contributed by atoms with Crippen molar-refractivity contribution in [1.82, 2.24) is 9.97 Å². The maximum Gasteiger partial charge on any atom is 0.183 e. The van der Waals surface area contributed by atoms with Gasteiger partial charge in [-0.1, -0.05) is 18.5 Å². The summed E-state index contributed by atoms with van der Waals surface area (Å²) in [5, 5.41) is 0.582. The molecule has 0 aliphatic carbocycles. The minimum Gasteiger partial charge on any atom is -0.252 e. The lowest BCUT2D eigenvalue weighted by Crippen LogP contribution is -1.95. The van der Waals surface area contributed by atoms with Crippen LogP contribution in [0.3, 0.4) is 0 Å². The van der Waals surface area contributed by atoms with Crippen molar-refractivity contribution in [2.24, 2.45) is 0 Å². The molecule has 0 aliphatic heterocycles. The van der Waals surface area contributed by atoms with Crippen LogP contribution in [0.25, 0.3) is 10.3 Å². The molecule has 0 spiro atoms. The lowest BCUT2D eigenvalue weighted by atomic mass is 10.5. The highest BCUT2D eigenvalue weighted by Gasteiger charge is 2.10. The van der Waals surface area contributed by atoms with Crippen LogP contribution in [0.4, 0.5) is 0 Å². The molecule has 0 aromatic carbocycles. The van der Waals surface area contributed by atoms with Gasteiger partial charge in [0.1, 0.15) is 0 Å². The minimum absolute atomic E-state index is 0.582. The van der Waals surface area contributed by atoms with Gasteiger partial charge in [-0.05, 0) is 12.5 Å². The molecule has 0 fully saturated rings. The molecular formula is C9H9ClN2OS2. The number of thiazole rings is 1. The van der Waals surface area contributed by atoms with Crippen LogP contribution in [0.1, 0.15) is 13.3 Å². The monoisotopic (exact) mass is 260 g/mol. The van der Waals surface area contributed by atoms with Gasteiger partial charge in [0, 0.05) is 11.9 Å². The van der Waals surface area contributed by atoms with Crippen LogP contribution in [-0.4, -0.2) is 19.9 Å². The van der Waals surface area contributed by atoms with E-state index in [4.69, 9.17) is 11.6 Å². The van der Waals surface area contributed by atoms with Crippen LogP contribution in [-0.2, 0) is 10.8 Å². The summed E-state index contributed by atoms with van der Waals surface area (Å²) in [6, 6.07) is 1.80. The number of rotatable bonds is 3. The molecule has 2 heterocycles. The summed E-state index contributed by atoms with van der Waals surface area (Å²) < 4.78 is 13.2. The van der Waals surface area contributed by atoms with Crippen LogP contribution >= 0.6 is 22.9 Å². The van der Waals surface area contributed by atoms with E-state index >= 15 is 0 Å². The zero-order chi connectivity index (χ0) is 10.8. The molecule has 0 radical (unpaired) electrons. The lowest BCUT2D eigenvalue weighted by Gasteiger charge is -1.91. The first-order valence-corrected chi connectivity index (χ1v) is 7.02. The number of hydrogen-bond acceptors (Lipinski definition) is 4. The van der Waals surface area contributed by atoms with Crippen molar-refractivity contribution in [3.05, 3.63) is 17.3 Å².